The molecule has 0 radical (unpaired) electrons. The van der Waals surface area contributed by atoms with E-state index in [2.05, 4.69) is 18.9 Å². The maximum absolute atomic E-state index is 11.0. The van der Waals surface area contributed by atoms with E-state index in [1.165, 1.54) is 11.7 Å². The SMILES string of the molecule is CN(Cc1ccc2nsnc2c1)Cc1cn[nH]c1C(=O)O. The van der Waals surface area contributed by atoms with E-state index in [4.69, 9.17) is 5.11 Å². The minimum atomic E-state index is -0.995. The predicted octanol–water partition coefficient (Wildman–Crippen LogP) is 1.74. The van der Waals surface area contributed by atoms with Gasteiger partial charge in [-0.15, -0.1) is 0 Å². The molecule has 0 aliphatic heterocycles. The van der Waals surface area contributed by atoms with E-state index in [9.17, 15) is 4.79 Å². The van der Waals surface area contributed by atoms with Gasteiger partial charge in [0.1, 0.15) is 16.7 Å². The quantitative estimate of drug-likeness (QED) is 0.745. The molecule has 0 atom stereocenters. The molecule has 0 aliphatic rings. The Morgan fingerprint density at radius 2 is 2.14 bits per heavy atom. The van der Waals surface area contributed by atoms with Gasteiger partial charge in [-0.25, -0.2) is 4.79 Å². The number of H-pyrrole nitrogens is 1. The highest BCUT2D eigenvalue weighted by molar-refractivity contribution is 7.00. The van der Waals surface area contributed by atoms with Gasteiger partial charge < -0.3 is 5.11 Å². The van der Waals surface area contributed by atoms with Crippen molar-refractivity contribution in [3.05, 3.63) is 41.2 Å². The summed E-state index contributed by atoms with van der Waals surface area (Å²) in [6.07, 6.45) is 1.55. The van der Waals surface area contributed by atoms with Gasteiger partial charge in [0.2, 0.25) is 0 Å². The predicted molar refractivity (Wildman–Crippen MR) is 78.1 cm³/mol. The van der Waals surface area contributed by atoms with E-state index >= 15 is 0 Å². The topological polar surface area (TPSA) is 95.0 Å². The second-order valence-corrected chi connectivity index (χ2v) is 5.36. The Hall–Kier alpha value is -2.32. The number of nitrogens with one attached hydrogen (secondary N) is 1. The molecule has 0 bridgehead atoms. The lowest BCUT2D eigenvalue weighted by Crippen LogP contribution is -2.18. The first kappa shape index (κ1) is 13.7. The van der Waals surface area contributed by atoms with Gasteiger partial charge in [0.05, 0.1) is 17.9 Å². The van der Waals surface area contributed by atoms with Crippen LogP contribution in [0.2, 0.25) is 0 Å². The zero-order valence-electron chi connectivity index (χ0n) is 11.3. The molecule has 108 valence electrons. The third-order valence-corrected chi connectivity index (χ3v) is 3.70. The number of carboxylic acid groups (broad SMARTS) is 1. The number of aromatic nitrogens is 4. The first-order valence-electron chi connectivity index (χ1n) is 6.29. The number of aromatic carboxylic acids is 1. The lowest BCUT2D eigenvalue weighted by atomic mass is 10.1. The Bertz CT molecular complexity index is 782. The molecule has 0 spiro atoms. The number of fused-ring (bicyclic) bond motifs is 1. The van der Waals surface area contributed by atoms with Gasteiger partial charge in [-0.2, -0.15) is 13.8 Å². The summed E-state index contributed by atoms with van der Waals surface area (Å²) in [4.78, 5) is 13.1. The fourth-order valence-electron chi connectivity index (χ4n) is 2.20. The van der Waals surface area contributed by atoms with Gasteiger partial charge in [-0.3, -0.25) is 10.00 Å². The van der Waals surface area contributed by atoms with E-state index in [0.29, 0.717) is 18.7 Å². The lowest BCUT2D eigenvalue weighted by Gasteiger charge is -2.16. The minimum absolute atomic E-state index is 0.140. The number of nitrogens with zero attached hydrogens (tertiary/aromatic N) is 4. The van der Waals surface area contributed by atoms with E-state index in [0.717, 1.165) is 16.6 Å². The molecule has 1 aromatic carbocycles. The third-order valence-electron chi connectivity index (χ3n) is 3.14. The zero-order valence-corrected chi connectivity index (χ0v) is 12.1. The Kier molecular flexibility index (Phi) is 3.63. The summed E-state index contributed by atoms with van der Waals surface area (Å²) in [5.74, 6) is -0.995. The van der Waals surface area contributed by atoms with Gasteiger partial charge in [0.15, 0.2) is 0 Å². The molecule has 21 heavy (non-hydrogen) atoms. The Morgan fingerprint density at radius 3 is 2.95 bits per heavy atom. The van der Waals surface area contributed by atoms with Crippen molar-refractivity contribution in [3.8, 4) is 0 Å². The van der Waals surface area contributed by atoms with E-state index in [1.807, 2.05) is 30.1 Å². The number of aromatic amines is 1. The standard InChI is InChI=1S/C13H13N5O2S/c1-18(7-9-5-14-15-12(9)13(19)20)6-8-2-3-10-11(4-8)17-21-16-10/h2-5H,6-7H2,1H3,(H,14,15)(H,19,20). The van der Waals surface area contributed by atoms with Gasteiger partial charge in [-0.1, -0.05) is 6.07 Å². The summed E-state index contributed by atoms with van der Waals surface area (Å²) in [6.45, 7) is 1.20. The zero-order chi connectivity index (χ0) is 14.8. The average molecular weight is 303 g/mol. The summed E-state index contributed by atoms with van der Waals surface area (Å²) in [5.41, 5.74) is 3.70. The van der Waals surface area contributed by atoms with Gasteiger partial charge in [0, 0.05) is 18.7 Å². The molecule has 0 saturated heterocycles. The molecule has 8 heteroatoms. The molecule has 2 aromatic heterocycles. The van der Waals surface area contributed by atoms with Crippen LogP contribution in [-0.2, 0) is 13.1 Å². The van der Waals surface area contributed by atoms with Crippen LogP contribution in [0.15, 0.2) is 24.4 Å². The van der Waals surface area contributed by atoms with Crippen molar-refractivity contribution in [2.24, 2.45) is 0 Å². The van der Waals surface area contributed by atoms with Crippen LogP contribution in [0.25, 0.3) is 11.0 Å². The normalized spacial score (nSPS) is 11.3. The summed E-state index contributed by atoms with van der Waals surface area (Å²) in [5, 5.41) is 15.3. The number of benzene rings is 1. The van der Waals surface area contributed by atoms with Crippen LogP contribution in [0.1, 0.15) is 21.6 Å². The van der Waals surface area contributed by atoms with Gasteiger partial charge in [0.25, 0.3) is 0 Å². The molecular weight excluding hydrogens is 290 g/mol. The molecular formula is C13H13N5O2S. The van der Waals surface area contributed by atoms with E-state index in [-0.39, 0.29) is 5.69 Å². The van der Waals surface area contributed by atoms with Crippen molar-refractivity contribution >= 4 is 28.7 Å². The van der Waals surface area contributed by atoms with Crippen molar-refractivity contribution in [1.29, 1.82) is 0 Å². The molecule has 0 fully saturated rings. The maximum Gasteiger partial charge on any atom is 0.354 e. The van der Waals surface area contributed by atoms with E-state index < -0.39 is 5.97 Å². The molecule has 2 heterocycles. The second kappa shape index (κ2) is 5.58. The number of carbonyl (C=O) groups is 1. The number of carboxylic acids is 1. The van der Waals surface area contributed by atoms with Crippen LogP contribution < -0.4 is 0 Å². The van der Waals surface area contributed by atoms with Gasteiger partial charge >= 0.3 is 5.97 Å². The Balaban J connectivity index is 1.72. The first-order valence-corrected chi connectivity index (χ1v) is 7.02. The van der Waals surface area contributed by atoms with Crippen LogP contribution >= 0.6 is 11.7 Å². The van der Waals surface area contributed by atoms with Gasteiger partial charge in [-0.05, 0) is 24.7 Å². The number of hydrogen-bond acceptors (Lipinski definition) is 6. The third kappa shape index (κ3) is 2.91. The molecule has 2 N–H and O–H groups in total. The fourth-order valence-corrected chi connectivity index (χ4v) is 2.72. The summed E-state index contributed by atoms with van der Waals surface area (Å²) in [6, 6.07) is 5.96. The Morgan fingerprint density at radius 1 is 1.33 bits per heavy atom. The van der Waals surface area contributed by atoms with Crippen LogP contribution in [0, 0.1) is 0 Å². The molecule has 3 rings (SSSR count). The minimum Gasteiger partial charge on any atom is -0.477 e. The van der Waals surface area contributed by atoms with Crippen LogP contribution in [-0.4, -0.2) is 42.0 Å². The highest BCUT2D eigenvalue weighted by atomic mass is 32.1. The number of rotatable bonds is 5. The monoisotopic (exact) mass is 303 g/mol. The van der Waals surface area contributed by atoms with Crippen molar-refractivity contribution in [2.45, 2.75) is 13.1 Å². The molecule has 0 aliphatic carbocycles. The van der Waals surface area contributed by atoms with Crippen molar-refractivity contribution < 1.29 is 9.90 Å². The summed E-state index contributed by atoms with van der Waals surface area (Å²) in [7, 11) is 1.93. The fraction of sp³-hybridized carbons (Fsp3) is 0.231. The van der Waals surface area contributed by atoms with Crippen molar-refractivity contribution in [1.82, 2.24) is 23.8 Å². The first-order chi connectivity index (χ1) is 10.1. The van der Waals surface area contributed by atoms with Crippen molar-refractivity contribution in [3.63, 3.8) is 0 Å². The molecule has 0 unspecified atom stereocenters. The molecule has 0 amide bonds. The van der Waals surface area contributed by atoms with Crippen LogP contribution in [0.3, 0.4) is 0 Å². The summed E-state index contributed by atoms with van der Waals surface area (Å²) < 4.78 is 8.39. The van der Waals surface area contributed by atoms with E-state index in [1.54, 1.807) is 6.20 Å². The van der Waals surface area contributed by atoms with Crippen LogP contribution in [0.5, 0.6) is 0 Å². The lowest BCUT2D eigenvalue weighted by molar-refractivity contribution is 0.0688. The van der Waals surface area contributed by atoms with Crippen LogP contribution in [0.4, 0.5) is 0 Å². The molecule has 3 aromatic rings. The smallest absolute Gasteiger partial charge is 0.354 e. The second-order valence-electron chi connectivity index (χ2n) is 4.83. The average Bonchev–Trinajstić information content (AvgIpc) is 3.06. The summed E-state index contributed by atoms with van der Waals surface area (Å²) >= 11 is 1.20. The number of hydrogen-bond donors (Lipinski definition) is 2. The van der Waals surface area contributed by atoms with Crippen molar-refractivity contribution in [2.75, 3.05) is 7.05 Å². The molecule has 0 saturated carbocycles. The largest absolute Gasteiger partial charge is 0.477 e. The highest BCUT2D eigenvalue weighted by Crippen LogP contribution is 2.16. The maximum atomic E-state index is 11.0. The molecule has 7 nitrogen and oxygen atoms in total. The Labute approximate surface area is 124 Å². The highest BCUT2D eigenvalue weighted by Gasteiger charge is 2.14.